The second-order valence-electron chi connectivity index (χ2n) is 6.87. The smallest absolute Gasteiger partial charge is 0.341 e. The van der Waals surface area contributed by atoms with Crippen LogP contribution in [0.2, 0.25) is 0 Å². The normalized spacial score (nSPS) is 19.1. The SMILES string of the molecule is CC1CCc2c3nc4n(c3cc3c(=O)c(C(=O)O)cn1c23)CCC4. The number of fused-ring (bicyclic) bond motifs is 4. The minimum Gasteiger partial charge on any atom is -0.477 e. The number of nitrogens with zero attached hydrogens (tertiary/aromatic N) is 3. The van der Waals surface area contributed by atoms with E-state index in [2.05, 4.69) is 11.5 Å². The fourth-order valence-electron chi connectivity index (χ4n) is 4.30. The molecule has 5 rings (SSSR count). The summed E-state index contributed by atoms with van der Waals surface area (Å²) in [5.74, 6) is -0.0868. The monoisotopic (exact) mass is 323 g/mol. The number of aryl methyl sites for hydroxylation is 3. The minimum absolute atomic E-state index is 0.150. The van der Waals surface area contributed by atoms with E-state index in [1.165, 1.54) is 6.20 Å². The summed E-state index contributed by atoms with van der Waals surface area (Å²) in [7, 11) is 0. The molecule has 1 unspecified atom stereocenters. The lowest BCUT2D eigenvalue weighted by atomic mass is 9.94. The van der Waals surface area contributed by atoms with Crippen LogP contribution in [0.1, 0.15) is 47.6 Å². The van der Waals surface area contributed by atoms with Crippen LogP contribution in [0.3, 0.4) is 0 Å². The van der Waals surface area contributed by atoms with Crippen LogP contribution in [0.5, 0.6) is 0 Å². The van der Waals surface area contributed by atoms with Gasteiger partial charge in [0.1, 0.15) is 11.4 Å². The van der Waals surface area contributed by atoms with Crippen molar-refractivity contribution in [3.63, 3.8) is 0 Å². The van der Waals surface area contributed by atoms with E-state index in [4.69, 9.17) is 4.98 Å². The van der Waals surface area contributed by atoms with Gasteiger partial charge in [0, 0.05) is 36.2 Å². The van der Waals surface area contributed by atoms with E-state index in [1.807, 2.05) is 10.6 Å². The van der Waals surface area contributed by atoms with Gasteiger partial charge >= 0.3 is 5.97 Å². The molecule has 6 nitrogen and oxygen atoms in total. The molecule has 4 heterocycles. The maximum Gasteiger partial charge on any atom is 0.341 e. The van der Waals surface area contributed by atoms with Gasteiger partial charge in [-0.3, -0.25) is 4.79 Å². The molecular formula is C18H17N3O3. The first-order valence-corrected chi connectivity index (χ1v) is 8.39. The fraction of sp³-hybridized carbons (Fsp3) is 0.389. The lowest BCUT2D eigenvalue weighted by Crippen LogP contribution is -2.24. The molecule has 0 saturated carbocycles. The van der Waals surface area contributed by atoms with Crippen LogP contribution < -0.4 is 5.43 Å². The molecule has 3 aromatic rings. The molecule has 0 amide bonds. The predicted octanol–water partition coefficient (Wildman–Crippen LogP) is 2.50. The number of rotatable bonds is 1. The van der Waals surface area contributed by atoms with Crippen molar-refractivity contribution in [3.05, 3.63) is 39.4 Å². The molecule has 0 bridgehead atoms. The van der Waals surface area contributed by atoms with Gasteiger partial charge in [-0.15, -0.1) is 0 Å². The molecule has 2 aromatic heterocycles. The number of benzene rings is 1. The Morgan fingerprint density at radius 1 is 1.38 bits per heavy atom. The van der Waals surface area contributed by atoms with Crippen molar-refractivity contribution in [1.29, 1.82) is 0 Å². The topological polar surface area (TPSA) is 77.1 Å². The number of carbonyl (C=O) groups is 1. The summed E-state index contributed by atoms with van der Waals surface area (Å²) >= 11 is 0. The number of pyridine rings is 1. The first kappa shape index (κ1) is 13.8. The second-order valence-corrected chi connectivity index (χ2v) is 6.87. The van der Waals surface area contributed by atoms with Gasteiger partial charge in [0.05, 0.1) is 16.6 Å². The first-order chi connectivity index (χ1) is 11.6. The Morgan fingerprint density at radius 3 is 3.00 bits per heavy atom. The molecule has 0 aliphatic carbocycles. The van der Waals surface area contributed by atoms with Crippen molar-refractivity contribution in [3.8, 4) is 0 Å². The molecule has 0 fully saturated rings. The number of carboxylic acids is 1. The zero-order chi connectivity index (χ0) is 16.6. The molecule has 2 aliphatic rings. The third-order valence-corrected chi connectivity index (χ3v) is 5.51. The summed E-state index contributed by atoms with van der Waals surface area (Å²) in [6, 6.07) is 2.03. The predicted molar refractivity (Wildman–Crippen MR) is 89.8 cm³/mol. The Kier molecular flexibility index (Phi) is 2.56. The number of hydrogen-bond acceptors (Lipinski definition) is 3. The highest BCUT2D eigenvalue weighted by Crippen LogP contribution is 2.36. The molecule has 2 aliphatic heterocycles. The Morgan fingerprint density at radius 2 is 2.21 bits per heavy atom. The van der Waals surface area contributed by atoms with Gasteiger partial charge < -0.3 is 14.2 Å². The van der Waals surface area contributed by atoms with Crippen molar-refractivity contribution in [1.82, 2.24) is 14.1 Å². The standard InChI is InChI=1S/C18H17N3O3/c1-9-4-5-10-15-13(20-6-2-3-14(20)19-15)7-11-16(10)21(9)8-12(17(11)22)18(23)24/h7-9H,2-6H2,1H3,(H,23,24). The lowest BCUT2D eigenvalue weighted by Gasteiger charge is -2.26. The molecular weight excluding hydrogens is 306 g/mol. The van der Waals surface area contributed by atoms with Crippen LogP contribution in [-0.2, 0) is 19.4 Å². The maximum absolute atomic E-state index is 12.8. The van der Waals surface area contributed by atoms with Gasteiger partial charge in [-0.1, -0.05) is 0 Å². The Balaban J connectivity index is 2.02. The van der Waals surface area contributed by atoms with Crippen LogP contribution in [0, 0.1) is 0 Å². The average molecular weight is 323 g/mol. The van der Waals surface area contributed by atoms with Crippen molar-refractivity contribution in [2.24, 2.45) is 0 Å². The van der Waals surface area contributed by atoms with Gasteiger partial charge in [0.15, 0.2) is 0 Å². The van der Waals surface area contributed by atoms with Gasteiger partial charge in [0.2, 0.25) is 5.43 Å². The van der Waals surface area contributed by atoms with Gasteiger partial charge in [0.25, 0.3) is 0 Å². The Labute approximate surface area is 137 Å². The Hall–Kier alpha value is -2.63. The number of aromatic nitrogens is 3. The highest BCUT2D eigenvalue weighted by atomic mass is 16.4. The van der Waals surface area contributed by atoms with Crippen LogP contribution in [-0.4, -0.2) is 25.2 Å². The molecule has 1 aromatic carbocycles. The van der Waals surface area contributed by atoms with E-state index < -0.39 is 5.97 Å². The van der Waals surface area contributed by atoms with Gasteiger partial charge in [-0.05, 0) is 32.3 Å². The van der Waals surface area contributed by atoms with E-state index in [0.717, 1.165) is 60.2 Å². The van der Waals surface area contributed by atoms with Crippen LogP contribution in [0.25, 0.3) is 21.9 Å². The van der Waals surface area contributed by atoms with E-state index >= 15 is 0 Å². The zero-order valence-electron chi connectivity index (χ0n) is 13.4. The molecule has 1 atom stereocenters. The van der Waals surface area contributed by atoms with E-state index in [0.29, 0.717) is 5.39 Å². The molecule has 122 valence electrons. The average Bonchev–Trinajstić information content (AvgIpc) is 3.13. The number of carboxylic acid groups (broad SMARTS) is 1. The molecule has 6 heteroatoms. The highest BCUT2D eigenvalue weighted by molar-refractivity contribution is 6.01. The summed E-state index contributed by atoms with van der Waals surface area (Å²) < 4.78 is 4.14. The van der Waals surface area contributed by atoms with E-state index in [9.17, 15) is 14.7 Å². The largest absolute Gasteiger partial charge is 0.477 e. The van der Waals surface area contributed by atoms with Crippen LogP contribution in [0.4, 0.5) is 0 Å². The van der Waals surface area contributed by atoms with E-state index in [-0.39, 0.29) is 17.0 Å². The summed E-state index contributed by atoms with van der Waals surface area (Å²) in [4.78, 5) is 29.1. The van der Waals surface area contributed by atoms with Crippen molar-refractivity contribution < 1.29 is 9.90 Å². The maximum atomic E-state index is 12.8. The zero-order valence-corrected chi connectivity index (χ0v) is 13.4. The summed E-state index contributed by atoms with van der Waals surface area (Å²) in [5, 5.41) is 9.93. The van der Waals surface area contributed by atoms with Gasteiger partial charge in [-0.25, -0.2) is 9.78 Å². The summed E-state index contributed by atoms with van der Waals surface area (Å²) in [5.41, 5.74) is 3.39. The minimum atomic E-state index is -1.16. The summed E-state index contributed by atoms with van der Waals surface area (Å²) in [6.07, 6.45) is 5.34. The Bertz CT molecular complexity index is 1110. The molecule has 0 saturated heterocycles. The fourth-order valence-corrected chi connectivity index (χ4v) is 4.30. The third-order valence-electron chi connectivity index (χ3n) is 5.51. The van der Waals surface area contributed by atoms with Crippen molar-refractivity contribution in [2.75, 3.05) is 0 Å². The number of hydrogen-bond donors (Lipinski definition) is 1. The third kappa shape index (κ3) is 1.58. The van der Waals surface area contributed by atoms with Crippen molar-refractivity contribution in [2.45, 2.75) is 45.2 Å². The van der Waals surface area contributed by atoms with Gasteiger partial charge in [-0.2, -0.15) is 0 Å². The summed E-state index contributed by atoms with van der Waals surface area (Å²) in [6.45, 7) is 2.98. The number of aromatic carboxylic acids is 1. The number of imidazole rings is 1. The first-order valence-electron chi connectivity index (χ1n) is 8.39. The quantitative estimate of drug-likeness (QED) is 0.746. The lowest BCUT2D eigenvalue weighted by molar-refractivity contribution is 0.0694. The van der Waals surface area contributed by atoms with E-state index in [1.54, 1.807) is 0 Å². The molecule has 1 N–H and O–H groups in total. The van der Waals surface area contributed by atoms with Crippen LogP contribution >= 0.6 is 0 Å². The molecule has 24 heavy (non-hydrogen) atoms. The highest BCUT2D eigenvalue weighted by Gasteiger charge is 2.27. The molecule has 0 spiro atoms. The second kappa shape index (κ2) is 4.47. The van der Waals surface area contributed by atoms with Crippen molar-refractivity contribution >= 4 is 27.9 Å². The molecule has 0 radical (unpaired) electrons. The van der Waals surface area contributed by atoms with Crippen LogP contribution in [0.15, 0.2) is 17.1 Å².